The second-order valence-electron chi connectivity index (χ2n) is 6.01. The van der Waals surface area contributed by atoms with Gasteiger partial charge in [0.15, 0.2) is 0 Å². The minimum atomic E-state index is -0.468. The van der Waals surface area contributed by atoms with Crippen LogP contribution < -0.4 is 0 Å². The number of amides is 1. The standard InChI is InChI=1S/C18H18ClFN2O/c1-12-7-9-22(10-8-12)18(23)17-4-2-3-16(21-17)13-5-6-15(20)14(19)11-13/h2-6,11-12H,7-10H2,1H3. The van der Waals surface area contributed by atoms with Gasteiger partial charge in [0.25, 0.3) is 5.91 Å². The first-order chi connectivity index (χ1) is 11.0. The largest absolute Gasteiger partial charge is 0.337 e. The number of benzene rings is 1. The summed E-state index contributed by atoms with van der Waals surface area (Å²) in [5.74, 6) is 0.150. The molecule has 0 spiro atoms. The van der Waals surface area contributed by atoms with Crippen molar-refractivity contribution < 1.29 is 9.18 Å². The third kappa shape index (κ3) is 3.53. The van der Waals surface area contributed by atoms with Crippen LogP contribution in [0.2, 0.25) is 5.02 Å². The van der Waals surface area contributed by atoms with E-state index in [0.29, 0.717) is 22.9 Å². The maximum atomic E-state index is 13.3. The Morgan fingerprint density at radius 1 is 1.26 bits per heavy atom. The number of rotatable bonds is 2. The topological polar surface area (TPSA) is 33.2 Å². The van der Waals surface area contributed by atoms with E-state index in [0.717, 1.165) is 25.9 Å². The van der Waals surface area contributed by atoms with Gasteiger partial charge in [-0.15, -0.1) is 0 Å². The molecule has 0 bridgehead atoms. The van der Waals surface area contributed by atoms with Crippen LogP contribution in [-0.4, -0.2) is 28.9 Å². The van der Waals surface area contributed by atoms with Gasteiger partial charge in [0.05, 0.1) is 10.7 Å². The summed E-state index contributed by atoms with van der Waals surface area (Å²) in [4.78, 5) is 18.9. The van der Waals surface area contributed by atoms with Crippen LogP contribution in [-0.2, 0) is 0 Å². The van der Waals surface area contributed by atoms with Crippen LogP contribution in [0.4, 0.5) is 4.39 Å². The summed E-state index contributed by atoms with van der Waals surface area (Å²) >= 11 is 5.82. The summed E-state index contributed by atoms with van der Waals surface area (Å²) in [7, 11) is 0. The number of nitrogens with zero attached hydrogens (tertiary/aromatic N) is 2. The van der Waals surface area contributed by atoms with E-state index in [1.54, 1.807) is 24.3 Å². The zero-order valence-corrected chi connectivity index (χ0v) is 13.7. The van der Waals surface area contributed by atoms with E-state index in [1.807, 2.05) is 4.90 Å². The van der Waals surface area contributed by atoms with Crippen molar-refractivity contribution in [3.63, 3.8) is 0 Å². The summed E-state index contributed by atoms with van der Waals surface area (Å²) in [6.07, 6.45) is 2.05. The first-order valence-electron chi connectivity index (χ1n) is 7.76. The third-order valence-electron chi connectivity index (χ3n) is 4.25. The van der Waals surface area contributed by atoms with Crippen LogP contribution in [0.15, 0.2) is 36.4 Å². The molecule has 1 aliphatic rings. The fourth-order valence-corrected chi connectivity index (χ4v) is 2.92. The van der Waals surface area contributed by atoms with Crippen LogP contribution in [0, 0.1) is 11.7 Å². The fourth-order valence-electron chi connectivity index (χ4n) is 2.74. The second-order valence-corrected chi connectivity index (χ2v) is 6.42. The molecule has 1 aromatic carbocycles. The van der Waals surface area contributed by atoms with E-state index < -0.39 is 5.82 Å². The lowest BCUT2D eigenvalue weighted by molar-refractivity contribution is 0.0691. The van der Waals surface area contributed by atoms with Gasteiger partial charge in [-0.1, -0.05) is 24.6 Å². The molecular formula is C18H18ClFN2O. The highest BCUT2D eigenvalue weighted by Crippen LogP contribution is 2.24. The Kier molecular flexibility index (Phi) is 4.62. The molecular weight excluding hydrogens is 315 g/mol. The number of pyridine rings is 1. The number of halogens is 2. The number of aromatic nitrogens is 1. The second kappa shape index (κ2) is 6.67. The normalized spacial score (nSPS) is 15.7. The van der Waals surface area contributed by atoms with E-state index in [4.69, 9.17) is 11.6 Å². The minimum Gasteiger partial charge on any atom is -0.337 e. The van der Waals surface area contributed by atoms with Crippen molar-refractivity contribution in [1.82, 2.24) is 9.88 Å². The Labute approximate surface area is 140 Å². The molecule has 1 amide bonds. The number of hydrogen-bond donors (Lipinski definition) is 0. The molecule has 1 aliphatic heterocycles. The Balaban J connectivity index is 1.84. The molecule has 5 heteroatoms. The van der Waals surface area contributed by atoms with Gasteiger partial charge in [0.2, 0.25) is 0 Å². The van der Waals surface area contributed by atoms with Crippen molar-refractivity contribution in [2.45, 2.75) is 19.8 Å². The van der Waals surface area contributed by atoms with Crippen LogP contribution in [0.1, 0.15) is 30.3 Å². The lowest BCUT2D eigenvalue weighted by Crippen LogP contribution is -2.38. The number of piperidine rings is 1. The van der Waals surface area contributed by atoms with Gasteiger partial charge >= 0.3 is 0 Å². The highest BCUT2D eigenvalue weighted by molar-refractivity contribution is 6.31. The fraction of sp³-hybridized carbons (Fsp3) is 0.333. The van der Waals surface area contributed by atoms with Crippen molar-refractivity contribution >= 4 is 17.5 Å². The Morgan fingerprint density at radius 2 is 2.00 bits per heavy atom. The summed E-state index contributed by atoms with van der Waals surface area (Å²) in [5.41, 5.74) is 1.72. The number of hydrogen-bond acceptors (Lipinski definition) is 2. The average molecular weight is 333 g/mol. The van der Waals surface area contributed by atoms with Crippen molar-refractivity contribution in [3.8, 4) is 11.3 Å². The van der Waals surface area contributed by atoms with Gasteiger partial charge in [-0.2, -0.15) is 0 Å². The van der Waals surface area contributed by atoms with Crippen molar-refractivity contribution in [2.75, 3.05) is 13.1 Å². The molecule has 0 atom stereocenters. The Morgan fingerprint density at radius 3 is 2.70 bits per heavy atom. The smallest absolute Gasteiger partial charge is 0.272 e. The van der Waals surface area contributed by atoms with Gasteiger partial charge in [0, 0.05) is 18.7 Å². The van der Waals surface area contributed by atoms with Crippen LogP contribution in [0.5, 0.6) is 0 Å². The predicted octanol–water partition coefficient (Wildman–Crippen LogP) is 4.41. The molecule has 0 unspecified atom stereocenters. The quantitative estimate of drug-likeness (QED) is 0.816. The van der Waals surface area contributed by atoms with Crippen LogP contribution in [0.25, 0.3) is 11.3 Å². The molecule has 1 fully saturated rings. The SMILES string of the molecule is CC1CCN(C(=O)c2cccc(-c3ccc(F)c(Cl)c3)n2)CC1. The molecule has 0 N–H and O–H groups in total. The minimum absolute atomic E-state index is 0.0473. The first kappa shape index (κ1) is 15.9. The molecule has 3 nitrogen and oxygen atoms in total. The predicted molar refractivity (Wildman–Crippen MR) is 88.9 cm³/mol. The Bertz CT molecular complexity index is 727. The highest BCUT2D eigenvalue weighted by Gasteiger charge is 2.22. The maximum absolute atomic E-state index is 13.3. The van der Waals surface area contributed by atoms with E-state index in [1.165, 1.54) is 12.1 Å². The van der Waals surface area contributed by atoms with E-state index in [9.17, 15) is 9.18 Å². The lowest BCUT2D eigenvalue weighted by Gasteiger charge is -2.30. The first-order valence-corrected chi connectivity index (χ1v) is 8.14. The van der Waals surface area contributed by atoms with Crippen LogP contribution in [0.3, 0.4) is 0 Å². The summed E-state index contributed by atoms with van der Waals surface area (Å²) in [5, 5.41) is 0.0473. The molecule has 2 heterocycles. The maximum Gasteiger partial charge on any atom is 0.272 e. The Hall–Kier alpha value is -1.94. The van der Waals surface area contributed by atoms with E-state index in [-0.39, 0.29) is 10.9 Å². The number of likely N-dealkylation sites (tertiary alicyclic amines) is 1. The lowest BCUT2D eigenvalue weighted by atomic mass is 9.99. The van der Waals surface area contributed by atoms with Gasteiger partial charge in [-0.05, 0) is 49.1 Å². The molecule has 1 aromatic heterocycles. The van der Waals surface area contributed by atoms with E-state index in [2.05, 4.69) is 11.9 Å². The summed E-state index contributed by atoms with van der Waals surface area (Å²) in [6.45, 7) is 3.75. The molecule has 3 rings (SSSR count). The van der Waals surface area contributed by atoms with Gasteiger partial charge in [-0.25, -0.2) is 9.37 Å². The van der Waals surface area contributed by atoms with Crippen molar-refractivity contribution in [1.29, 1.82) is 0 Å². The number of carbonyl (C=O) groups excluding carboxylic acids is 1. The monoisotopic (exact) mass is 332 g/mol. The van der Waals surface area contributed by atoms with Gasteiger partial charge in [-0.3, -0.25) is 4.79 Å². The highest BCUT2D eigenvalue weighted by atomic mass is 35.5. The molecule has 2 aromatic rings. The zero-order valence-electron chi connectivity index (χ0n) is 12.9. The number of carbonyl (C=O) groups is 1. The molecule has 0 aliphatic carbocycles. The molecule has 0 saturated carbocycles. The third-order valence-corrected chi connectivity index (χ3v) is 4.54. The summed E-state index contributed by atoms with van der Waals surface area (Å²) < 4.78 is 13.3. The van der Waals surface area contributed by atoms with Gasteiger partial charge in [0.1, 0.15) is 11.5 Å². The average Bonchev–Trinajstić information content (AvgIpc) is 2.57. The zero-order chi connectivity index (χ0) is 16.4. The molecule has 120 valence electrons. The van der Waals surface area contributed by atoms with Gasteiger partial charge < -0.3 is 4.90 Å². The summed E-state index contributed by atoms with van der Waals surface area (Å²) in [6, 6.07) is 9.74. The van der Waals surface area contributed by atoms with Crippen molar-refractivity contribution in [3.05, 3.63) is 52.9 Å². The van der Waals surface area contributed by atoms with E-state index >= 15 is 0 Å². The van der Waals surface area contributed by atoms with Crippen LogP contribution >= 0.6 is 11.6 Å². The molecule has 0 radical (unpaired) electrons. The molecule has 23 heavy (non-hydrogen) atoms. The van der Waals surface area contributed by atoms with Crippen molar-refractivity contribution in [2.24, 2.45) is 5.92 Å². The molecule has 1 saturated heterocycles.